The van der Waals surface area contributed by atoms with Crippen LogP contribution in [-0.4, -0.2) is 39.4 Å². The molecule has 0 heterocycles. The number of amides is 1. The zero-order chi connectivity index (χ0) is 11.0. The Balaban J connectivity index is 0. The molecule has 0 aromatic rings. The Morgan fingerprint density at radius 1 is 1.15 bits per heavy atom. The zero-order valence-corrected chi connectivity index (χ0v) is 6.51. The second-order valence-corrected chi connectivity index (χ2v) is 1.90. The van der Waals surface area contributed by atoms with Gasteiger partial charge in [0.05, 0.1) is 6.42 Å². The molecule has 0 saturated heterocycles. The molecular formula is C5H10N2O6. The highest BCUT2D eigenvalue weighted by molar-refractivity contribution is 5.83. The van der Waals surface area contributed by atoms with Crippen molar-refractivity contribution in [1.29, 1.82) is 0 Å². The van der Waals surface area contributed by atoms with Crippen LogP contribution in [0.1, 0.15) is 6.42 Å². The van der Waals surface area contributed by atoms with Gasteiger partial charge in [-0.25, -0.2) is 4.79 Å². The van der Waals surface area contributed by atoms with Crippen LogP contribution >= 0.6 is 0 Å². The van der Waals surface area contributed by atoms with Gasteiger partial charge in [-0.3, -0.25) is 9.59 Å². The summed E-state index contributed by atoms with van der Waals surface area (Å²) in [5.41, 5.74) is 9.57. The van der Waals surface area contributed by atoms with Gasteiger partial charge in [-0.15, -0.1) is 0 Å². The number of carbonyl (C=O) groups is 3. The van der Waals surface area contributed by atoms with Gasteiger partial charge in [0, 0.05) is 0 Å². The summed E-state index contributed by atoms with van der Waals surface area (Å²) in [6.45, 7) is 0. The number of rotatable bonds is 3. The van der Waals surface area contributed by atoms with E-state index in [4.69, 9.17) is 25.8 Å². The van der Waals surface area contributed by atoms with Gasteiger partial charge >= 0.3 is 12.1 Å². The van der Waals surface area contributed by atoms with Crippen molar-refractivity contribution in [3.63, 3.8) is 0 Å². The molecule has 0 aliphatic heterocycles. The summed E-state index contributed by atoms with van der Waals surface area (Å²) >= 11 is 0. The van der Waals surface area contributed by atoms with E-state index in [1.54, 1.807) is 0 Å². The molecule has 0 saturated carbocycles. The summed E-state index contributed by atoms with van der Waals surface area (Å²) in [7, 11) is 0. The molecule has 0 aromatic heterocycles. The number of hydrogen-bond acceptors (Lipinski definition) is 4. The summed E-state index contributed by atoms with van der Waals surface area (Å²) in [5, 5.41) is 22.0. The van der Waals surface area contributed by atoms with Gasteiger partial charge < -0.3 is 26.8 Å². The number of carboxylic acids is 1. The average Bonchev–Trinajstić information content (AvgIpc) is 1.83. The minimum atomic E-state index is -1.83. The van der Waals surface area contributed by atoms with Crippen LogP contribution < -0.4 is 11.5 Å². The Morgan fingerprint density at radius 3 is 1.54 bits per heavy atom. The fraction of sp³-hybridized carbons (Fsp3) is 0.400. The maximum Gasteiger partial charge on any atom is 0.503 e. The largest absolute Gasteiger partial charge is 0.503 e. The summed E-state index contributed by atoms with van der Waals surface area (Å²) in [6, 6.07) is -1.16. The van der Waals surface area contributed by atoms with E-state index in [2.05, 4.69) is 5.73 Å². The highest BCUT2D eigenvalue weighted by Gasteiger charge is 2.13. The molecule has 76 valence electrons. The van der Waals surface area contributed by atoms with Crippen LogP contribution in [0.5, 0.6) is 0 Å². The van der Waals surface area contributed by atoms with E-state index in [0.717, 1.165) is 0 Å². The maximum absolute atomic E-state index is 9.99. The Kier molecular flexibility index (Phi) is 7.24. The SMILES string of the molecule is NC(=O)CC(N)C(=O)O.O=C(O)O. The average molecular weight is 194 g/mol. The molecule has 0 radical (unpaired) electrons. The second kappa shape index (κ2) is 6.85. The highest BCUT2D eigenvalue weighted by Crippen LogP contribution is 1.84. The molecule has 0 aliphatic carbocycles. The first kappa shape index (κ1) is 13.7. The van der Waals surface area contributed by atoms with Crippen molar-refractivity contribution < 1.29 is 29.7 Å². The van der Waals surface area contributed by atoms with Crippen molar-refractivity contribution in [1.82, 2.24) is 0 Å². The van der Waals surface area contributed by atoms with Crippen LogP contribution in [0.25, 0.3) is 0 Å². The first-order chi connectivity index (χ1) is 5.77. The molecule has 0 rings (SSSR count). The number of primary amides is 1. The molecular weight excluding hydrogens is 184 g/mol. The van der Waals surface area contributed by atoms with Crippen LogP contribution in [0, 0.1) is 0 Å². The van der Waals surface area contributed by atoms with Crippen LogP contribution in [-0.2, 0) is 9.59 Å². The van der Waals surface area contributed by atoms with Gasteiger partial charge in [0.2, 0.25) is 5.91 Å². The lowest BCUT2D eigenvalue weighted by Gasteiger charge is -1.99. The Bertz CT molecular complexity index is 199. The lowest BCUT2D eigenvalue weighted by molar-refractivity contribution is -0.140. The van der Waals surface area contributed by atoms with Crippen molar-refractivity contribution in [2.24, 2.45) is 11.5 Å². The van der Waals surface area contributed by atoms with Crippen molar-refractivity contribution in [2.75, 3.05) is 0 Å². The lowest BCUT2D eigenvalue weighted by Crippen LogP contribution is -2.34. The first-order valence-electron chi connectivity index (χ1n) is 2.96. The second-order valence-electron chi connectivity index (χ2n) is 1.90. The molecule has 0 fully saturated rings. The van der Waals surface area contributed by atoms with E-state index in [1.165, 1.54) is 0 Å². The van der Waals surface area contributed by atoms with E-state index >= 15 is 0 Å². The van der Waals surface area contributed by atoms with E-state index in [9.17, 15) is 9.59 Å². The van der Waals surface area contributed by atoms with Crippen LogP contribution in [0.4, 0.5) is 4.79 Å². The molecule has 7 N–H and O–H groups in total. The van der Waals surface area contributed by atoms with E-state index < -0.39 is 24.1 Å². The molecule has 1 amide bonds. The van der Waals surface area contributed by atoms with Crippen molar-refractivity contribution in [3.8, 4) is 0 Å². The summed E-state index contributed by atoms with van der Waals surface area (Å²) in [6.07, 6.45) is -2.14. The monoisotopic (exact) mass is 194 g/mol. The van der Waals surface area contributed by atoms with Gasteiger partial charge in [-0.2, -0.15) is 0 Å². The van der Waals surface area contributed by atoms with Gasteiger partial charge in [0.25, 0.3) is 0 Å². The maximum atomic E-state index is 9.99. The minimum Gasteiger partial charge on any atom is -0.480 e. The Labute approximate surface area is 72.8 Å². The number of aliphatic carboxylic acids is 1. The third-order valence-corrected chi connectivity index (χ3v) is 0.738. The van der Waals surface area contributed by atoms with Gasteiger partial charge in [0.1, 0.15) is 6.04 Å². The fourth-order valence-corrected chi connectivity index (χ4v) is 0.304. The molecule has 0 aliphatic rings. The highest BCUT2D eigenvalue weighted by atomic mass is 16.6. The number of carbonyl (C=O) groups excluding carboxylic acids is 1. The van der Waals surface area contributed by atoms with E-state index in [1.807, 2.05) is 0 Å². The van der Waals surface area contributed by atoms with Crippen LogP contribution in [0.3, 0.4) is 0 Å². The molecule has 13 heavy (non-hydrogen) atoms. The van der Waals surface area contributed by atoms with E-state index in [-0.39, 0.29) is 6.42 Å². The first-order valence-corrected chi connectivity index (χ1v) is 2.96. The quantitative estimate of drug-likeness (QED) is 0.364. The topological polar surface area (TPSA) is 164 Å². The predicted octanol–water partition coefficient (Wildman–Crippen LogP) is -1.50. The summed E-state index contributed by atoms with van der Waals surface area (Å²) < 4.78 is 0. The fourth-order valence-electron chi connectivity index (χ4n) is 0.304. The Morgan fingerprint density at radius 2 is 1.46 bits per heavy atom. The molecule has 1 unspecified atom stereocenters. The standard InChI is InChI=1S/C4H8N2O3.CH2O3/c5-2(4(8)9)1-3(6)7;2-1(3)4/h2H,1,5H2,(H2,6,7)(H,8,9);(H2,2,3,4). The molecule has 8 heteroatoms. The van der Waals surface area contributed by atoms with E-state index in [0.29, 0.717) is 0 Å². The van der Waals surface area contributed by atoms with Gasteiger partial charge in [-0.05, 0) is 0 Å². The smallest absolute Gasteiger partial charge is 0.480 e. The Hall–Kier alpha value is -1.83. The molecule has 1 atom stereocenters. The summed E-state index contributed by atoms with van der Waals surface area (Å²) in [5.74, 6) is -1.92. The van der Waals surface area contributed by atoms with Gasteiger partial charge in [0.15, 0.2) is 0 Å². The zero-order valence-electron chi connectivity index (χ0n) is 6.51. The molecule has 0 spiro atoms. The van der Waals surface area contributed by atoms with Crippen molar-refractivity contribution >= 4 is 18.0 Å². The molecule has 0 bridgehead atoms. The molecule has 8 nitrogen and oxygen atoms in total. The minimum absolute atomic E-state index is 0.310. The van der Waals surface area contributed by atoms with Gasteiger partial charge in [-0.1, -0.05) is 0 Å². The van der Waals surface area contributed by atoms with Crippen molar-refractivity contribution in [3.05, 3.63) is 0 Å². The number of nitrogens with two attached hydrogens (primary N) is 2. The third-order valence-electron chi connectivity index (χ3n) is 0.738. The number of carboxylic acid groups (broad SMARTS) is 3. The van der Waals surface area contributed by atoms with Crippen LogP contribution in [0.2, 0.25) is 0 Å². The molecule has 0 aromatic carbocycles. The third kappa shape index (κ3) is 17.8. The predicted molar refractivity (Wildman–Crippen MR) is 40.1 cm³/mol. The lowest BCUT2D eigenvalue weighted by atomic mass is 10.2. The normalized spacial score (nSPS) is 10.5. The number of hydrogen-bond donors (Lipinski definition) is 5. The van der Waals surface area contributed by atoms with Crippen LogP contribution in [0.15, 0.2) is 0 Å². The van der Waals surface area contributed by atoms with Crippen molar-refractivity contribution in [2.45, 2.75) is 12.5 Å². The summed E-state index contributed by atoms with van der Waals surface area (Å²) in [4.78, 5) is 28.5.